The Hall–Kier alpha value is -1.70. The maximum atomic E-state index is 13.4. The molecule has 2 saturated heterocycles. The highest BCUT2D eigenvalue weighted by Crippen LogP contribution is 2.46. The minimum Gasteiger partial charge on any atom is -0.319 e. The summed E-state index contributed by atoms with van der Waals surface area (Å²) in [4.78, 5) is 16.1. The van der Waals surface area contributed by atoms with Crippen LogP contribution in [0.25, 0.3) is 0 Å². The van der Waals surface area contributed by atoms with Crippen LogP contribution in [0.5, 0.6) is 0 Å². The van der Waals surface area contributed by atoms with Crippen LogP contribution in [0.15, 0.2) is 42.5 Å². The smallest absolute Gasteiger partial charge is 0.257 e. The zero-order chi connectivity index (χ0) is 17.7. The summed E-state index contributed by atoms with van der Waals surface area (Å²) in [6.07, 6.45) is 0. The van der Waals surface area contributed by atoms with E-state index in [1.54, 1.807) is 23.9 Å². The molecular weight excluding hydrogens is 386 g/mol. The number of thiocarbonyl (C=S) groups is 1. The van der Waals surface area contributed by atoms with E-state index in [1.807, 2.05) is 4.90 Å². The average molecular weight is 397 g/mol. The zero-order valence-electron chi connectivity index (χ0n) is 12.7. The van der Waals surface area contributed by atoms with Gasteiger partial charge in [-0.25, -0.2) is 8.78 Å². The van der Waals surface area contributed by atoms with Gasteiger partial charge in [0.2, 0.25) is 0 Å². The molecule has 2 aliphatic rings. The van der Waals surface area contributed by atoms with Crippen LogP contribution in [-0.4, -0.2) is 27.7 Å². The first-order valence-electron chi connectivity index (χ1n) is 7.46. The number of hydrogen-bond donors (Lipinski definition) is 0. The van der Waals surface area contributed by atoms with E-state index in [2.05, 4.69) is 0 Å². The number of hydrogen-bond acceptors (Lipinski definition) is 3. The molecule has 0 radical (unpaired) electrons. The van der Waals surface area contributed by atoms with Crippen molar-refractivity contribution in [1.82, 2.24) is 4.90 Å². The van der Waals surface area contributed by atoms with Gasteiger partial charge in [-0.3, -0.25) is 9.69 Å². The maximum absolute atomic E-state index is 13.4. The summed E-state index contributed by atoms with van der Waals surface area (Å²) in [7, 11) is 0. The molecular formula is C17H11ClF2N2OS2. The van der Waals surface area contributed by atoms with E-state index >= 15 is 0 Å². The van der Waals surface area contributed by atoms with Crippen LogP contribution >= 0.6 is 35.6 Å². The van der Waals surface area contributed by atoms with Crippen molar-refractivity contribution in [3.05, 3.63) is 64.7 Å². The fraction of sp³-hybridized carbons (Fsp3) is 0.176. The fourth-order valence-electron chi connectivity index (χ4n) is 3.04. The lowest BCUT2D eigenvalue weighted by molar-refractivity contribution is -0.119. The summed E-state index contributed by atoms with van der Waals surface area (Å²) >= 11 is 12.9. The molecule has 0 aromatic heterocycles. The third-order valence-electron chi connectivity index (χ3n) is 4.23. The van der Waals surface area contributed by atoms with Crippen LogP contribution in [0.3, 0.4) is 0 Å². The normalized spacial score (nSPS) is 22.7. The Labute approximate surface area is 157 Å². The molecule has 0 saturated carbocycles. The number of anilines is 1. The summed E-state index contributed by atoms with van der Waals surface area (Å²) in [5.41, 5.74) is 1.32. The third-order valence-corrected chi connectivity index (χ3v) is 6.24. The Balaban J connectivity index is 1.68. The number of fused-ring (bicyclic) bond motifs is 1. The van der Waals surface area contributed by atoms with E-state index in [4.69, 9.17) is 23.8 Å². The van der Waals surface area contributed by atoms with Gasteiger partial charge >= 0.3 is 0 Å². The highest BCUT2D eigenvalue weighted by atomic mass is 35.5. The molecule has 2 fully saturated rings. The minimum absolute atomic E-state index is 0.0652. The number of rotatable bonds is 2. The number of halogens is 3. The Bertz CT molecular complexity index is 877. The quantitative estimate of drug-likeness (QED) is 0.703. The van der Waals surface area contributed by atoms with Crippen LogP contribution in [-0.2, 0) is 4.79 Å². The van der Waals surface area contributed by atoms with Gasteiger partial charge in [0.1, 0.15) is 23.1 Å². The zero-order valence-corrected chi connectivity index (χ0v) is 15.0. The van der Waals surface area contributed by atoms with Gasteiger partial charge in [0.25, 0.3) is 5.91 Å². The molecule has 0 aliphatic carbocycles. The fourth-order valence-corrected chi connectivity index (χ4v) is 5.13. The van der Waals surface area contributed by atoms with Crippen molar-refractivity contribution in [3.8, 4) is 0 Å². The molecule has 1 amide bonds. The van der Waals surface area contributed by atoms with Crippen molar-refractivity contribution in [2.75, 3.05) is 10.7 Å². The van der Waals surface area contributed by atoms with Crippen LogP contribution < -0.4 is 4.90 Å². The van der Waals surface area contributed by atoms with Crippen LogP contribution in [0.1, 0.15) is 10.9 Å². The van der Waals surface area contributed by atoms with Crippen LogP contribution in [0, 0.1) is 11.6 Å². The third kappa shape index (κ3) is 2.70. The molecule has 3 nitrogen and oxygen atoms in total. The van der Waals surface area contributed by atoms with Crippen molar-refractivity contribution in [2.24, 2.45) is 0 Å². The molecule has 0 unspecified atom stereocenters. The number of thioether (sulfide) groups is 1. The summed E-state index contributed by atoms with van der Waals surface area (Å²) in [6, 6.07) is 9.86. The lowest BCUT2D eigenvalue weighted by Crippen LogP contribution is -2.33. The summed E-state index contributed by atoms with van der Waals surface area (Å²) < 4.78 is 26.6. The molecule has 0 spiro atoms. The van der Waals surface area contributed by atoms with E-state index in [-0.39, 0.29) is 22.1 Å². The molecule has 2 heterocycles. The van der Waals surface area contributed by atoms with E-state index < -0.39 is 11.9 Å². The van der Waals surface area contributed by atoms with Crippen molar-refractivity contribution in [2.45, 2.75) is 11.4 Å². The molecule has 2 atom stereocenters. The first kappa shape index (κ1) is 16.8. The second kappa shape index (κ2) is 6.23. The van der Waals surface area contributed by atoms with E-state index in [9.17, 15) is 13.6 Å². The molecule has 0 N–H and O–H groups in total. The largest absolute Gasteiger partial charge is 0.319 e. The Morgan fingerprint density at radius 2 is 1.88 bits per heavy atom. The Morgan fingerprint density at radius 3 is 2.56 bits per heavy atom. The molecule has 0 bridgehead atoms. The van der Waals surface area contributed by atoms with Gasteiger partial charge in [-0.2, -0.15) is 0 Å². The van der Waals surface area contributed by atoms with Gasteiger partial charge in [-0.05, 0) is 48.1 Å². The predicted molar refractivity (Wildman–Crippen MR) is 98.7 cm³/mol. The van der Waals surface area contributed by atoms with Gasteiger partial charge in [0.05, 0.1) is 10.7 Å². The highest BCUT2D eigenvalue weighted by Gasteiger charge is 2.50. The van der Waals surface area contributed by atoms with Gasteiger partial charge in [-0.15, -0.1) is 11.8 Å². The second-order valence-corrected chi connectivity index (χ2v) is 7.60. The van der Waals surface area contributed by atoms with E-state index in [0.29, 0.717) is 16.6 Å². The molecule has 25 heavy (non-hydrogen) atoms. The second-order valence-electron chi connectivity index (χ2n) is 5.71. The van der Waals surface area contributed by atoms with Crippen LogP contribution in [0.4, 0.5) is 14.5 Å². The molecule has 2 aromatic carbocycles. The minimum atomic E-state index is -0.553. The lowest BCUT2D eigenvalue weighted by atomic mass is 10.2. The van der Waals surface area contributed by atoms with Gasteiger partial charge in [0, 0.05) is 5.75 Å². The van der Waals surface area contributed by atoms with Crippen molar-refractivity contribution in [3.63, 3.8) is 0 Å². The summed E-state index contributed by atoms with van der Waals surface area (Å²) in [5.74, 6) is -0.453. The van der Waals surface area contributed by atoms with E-state index in [0.717, 1.165) is 5.56 Å². The van der Waals surface area contributed by atoms with Crippen molar-refractivity contribution < 1.29 is 13.6 Å². The van der Waals surface area contributed by atoms with Crippen molar-refractivity contribution >= 4 is 52.3 Å². The molecule has 128 valence electrons. The van der Waals surface area contributed by atoms with Gasteiger partial charge in [-0.1, -0.05) is 23.7 Å². The van der Waals surface area contributed by atoms with Gasteiger partial charge < -0.3 is 4.90 Å². The Morgan fingerprint density at radius 1 is 1.16 bits per heavy atom. The molecule has 2 aromatic rings. The number of nitrogens with zero attached hydrogens (tertiary/aromatic N) is 2. The summed E-state index contributed by atoms with van der Waals surface area (Å²) in [6.45, 7) is 0. The number of benzene rings is 2. The first-order chi connectivity index (χ1) is 12.0. The van der Waals surface area contributed by atoms with Crippen molar-refractivity contribution in [1.29, 1.82) is 0 Å². The van der Waals surface area contributed by atoms with Gasteiger partial charge in [0.15, 0.2) is 5.11 Å². The Kier molecular flexibility index (Phi) is 4.17. The standard InChI is InChI=1S/C17H11ClF2N2OS2/c18-12-7-11(5-6-13(12)20)21-15(23)14-8-25-16(22(14)17(21)24)9-1-3-10(19)4-2-9/h1-7,14,16H,8H2/t14-,16-/m0/s1. The maximum Gasteiger partial charge on any atom is 0.257 e. The predicted octanol–water partition coefficient (Wildman–Crippen LogP) is 4.37. The molecule has 4 rings (SSSR count). The van der Waals surface area contributed by atoms with Crippen LogP contribution in [0.2, 0.25) is 5.02 Å². The lowest BCUT2D eigenvalue weighted by Gasteiger charge is -2.25. The van der Waals surface area contributed by atoms with E-state index in [1.165, 1.54) is 35.2 Å². The monoisotopic (exact) mass is 396 g/mol. The number of carbonyl (C=O) groups excluding carboxylic acids is 1. The number of amides is 1. The SMILES string of the molecule is O=C1[C@@H]2CS[C@@H](c3ccc(F)cc3)N2C(=S)N1c1ccc(F)c(Cl)c1. The average Bonchev–Trinajstić information content (AvgIpc) is 3.12. The molecule has 2 aliphatic heterocycles. The molecule has 8 heteroatoms. The number of carbonyl (C=O) groups is 1. The topological polar surface area (TPSA) is 23.6 Å². The summed E-state index contributed by atoms with van der Waals surface area (Å²) in [5, 5.41) is 0.115. The first-order valence-corrected chi connectivity index (χ1v) is 9.29. The highest BCUT2D eigenvalue weighted by molar-refractivity contribution is 7.99.